The number of rotatable bonds is 6. The molecule has 1 fully saturated rings. The van der Waals surface area contributed by atoms with Gasteiger partial charge in [-0.2, -0.15) is 0 Å². The Morgan fingerprint density at radius 3 is 2.72 bits per heavy atom. The van der Waals surface area contributed by atoms with Gasteiger partial charge < -0.3 is 9.55 Å². The van der Waals surface area contributed by atoms with Crippen LogP contribution in [0.4, 0.5) is 8.78 Å². The lowest BCUT2D eigenvalue weighted by molar-refractivity contribution is 0.146. The van der Waals surface area contributed by atoms with Crippen molar-refractivity contribution >= 4 is 0 Å². The fraction of sp³-hybridized carbons (Fsp3) is 0.381. The third-order valence-corrected chi connectivity index (χ3v) is 5.39. The first-order chi connectivity index (χ1) is 14.1. The lowest BCUT2D eigenvalue weighted by Crippen LogP contribution is -2.34. The molecule has 0 amide bonds. The molecule has 0 atom stereocenters. The van der Waals surface area contributed by atoms with E-state index in [0.29, 0.717) is 18.0 Å². The molecule has 0 radical (unpaired) electrons. The van der Waals surface area contributed by atoms with E-state index >= 15 is 0 Å². The van der Waals surface area contributed by atoms with Crippen molar-refractivity contribution in [1.29, 1.82) is 0 Å². The fourth-order valence-corrected chi connectivity index (χ4v) is 3.87. The smallest absolute Gasteiger partial charge is 0.280 e. The second-order valence-corrected chi connectivity index (χ2v) is 7.46. The molecular formula is C21H23F2N5O. The summed E-state index contributed by atoms with van der Waals surface area (Å²) in [5, 5.41) is 0. The molecule has 3 aromatic rings. The van der Waals surface area contributed by atoms with Crippen LogP contribution >= 0.6 is 0 Å². The largest absolute Gasteiger partial charge is 0.337 e. The molecule has 152 valence electrons. The Morgan fingerprint density at radius 2 is 2.00 bits per heavy atom. The zero-order valence-corrected chi connectivity index (χ0v) is 16.0. The third-order valence-electron chi connectivity index (χ3n) is 5.39. The summed E-state index contributed by atoms with van der Waals surface area (Å²) >= 11 is 0. The molecule has 1 aliphatic rings. The number of likely N-dealkylation sites (tertiary alicyclic amines) is 1. The number of nitrogens with zero attached hydrogens (tertiary/aromatic N) is 4. The zero-order chi connectivity index (χ0) is 20.2. The van der Waals surface area contributed by atoms with Gasteiger partial charge in [0.25, 0.3) is 12.0 Å². The van der Waals surface area contributed by atoms with Crippen LogP contribution in [-0.2, 0) is 13.1 Å². The van der Waals surface area contributed by atoms with Crippen molar-refractivity contribution in [3.8, 4) is 11.4 Å². The minimum atomic E-state index is -2.78. The maximum Gasteiger partial charge on any atom is 0.280 e. The van der Waals surface area contributed by atoms with Crippen LogP contribution in [-0.4, -0.2) is 37.5 Å². The Bertz CT molecular complexity index is 994. The highest BCUT2D eigenvalue weighted by atomic mass is 19.3. The number of hydrogen-bond acceptors (Lipinski definition) is 4. The van der Waals surface area contributed by atoms with Crippen LogP contribution in [0, 0.1) is 5.92 Å². The Balaban J connectivity index is 1.46. The summed E-state index contributed by atoms with van der Waals surface area (Å²) < 4.78 is 28.2. The van der Waals surface area contributed by atoms with Gasteiger partial charge in [0.2, 0.25) is 0 Å². The van der Waals surface area contributed by atoms with E-state index in [1.807, 2.05) is 36.8 Å². The predicted molar refractivity (Wildman–Crippen MR) is 105 cm³/mol. The van der Waals surface area contributed by atoms with Gasteiger partial charge in [-0.05, 0) is 37.4 Å². The first-order valence-electron chi connectivity index (χ1n) is 9.74. The number of piperidine rings is 1. The Labute approximate surface area is 167 Å². The quantitative estimate of drug-likeness (QED) is 0.689. The van der Waals surface area contributed by atoms with Crippen LogP contribution in [0.2, 0.25) is 0 Å². The highest BCUT2D eigenvalue weighted by Crippen LogP contribution is 2.26. The van der Waals surface area contributed by atoms with Crippen molar-refractivity contribution in [1.82, 2.24) is 24.4 Å². The number of nitrogens with one attached hydrogen (secondary N) is 1. The molecule has 4 rings (SSSR count). The number of alkyl halides is 2. The van der Waals surface area contributed by atoms with Crippen molar-refractivity contribution in [2.24, 2.45) is 5.92 Å². The third kappa shape index (κ3) is 4.76. The van der Waals surface area contributed by atoms with E-state index in [1.165, 1.54) is 0 Å². The van der Waals surface area contributed by atoms with Crippen molar-refractivity contribution < 1.29 is 8.78 Å². The second-order valence-electron chi connectivity index (χ2n) is 7.46. The van der Waals surface area contributed by atoms with Gasteiger partial charge >= 0.3 is 0 Å². The zero-order valence-electron chi connectivity index (χ0n) is 16.0. The van der Waals surface area contributed by atoms with Crippen LogP contribution in [0.3, 0.4) is 0 Å². The molecule has 1 aromatic carbocycles. The van der Waals surface area contributed by atoms with Crippen LogP contribution < -0.4 is 5.56 Å². The van der Waals surface area contributed by atoms with E-state index < -0.39 is 17.7 Å². The standard InChI is InChI=1S/C21H23F2N5O/c22-20(23)18-11-19(29)26-21(25-18)17-4-2-1-3-16(17)13-27-8-5-15(6-9-27)12-28-10-7-24-14-28/h1-4,7,10-11,14-15,20H,5-6,8-9,12-13H2,(H,25,26,29). The summed E-state index contributed by atoms with van der Waals surface area (Å²) in [7, 11) is 0. The molecular weight excluding hydrogens is 376 g/mol. The summed E-state index contributed by atoms with van der Waals surface area (Å²) in [6.45, 7) is 3.61. The molecule has 29 heavy (non-hydrogen) atoms. The highest BCUT2D eigenvalue weighted by Gasteiger charge is 2.21. The lowest BCUT2D eigenvalue weighted by Gasteiger charge is -2.32. The minimum absolute atomic E-state index is 0.193. The average molecular weight is 399 g/mol. The van der Waals surface area contributed by atoms with E-state index in [0.717, 1.165) is 44.1 Å². The Hall–Kier alpha value is -2.87. The van der Waals surface area contributed by atoms with Crippen molar-refractivity contribution in [2.75, 3.05) is 13.1 Å². The van der Waals surface area contributed by atoms with Crippen molar-refractivity contribution in [3.63, 3.8) is 0 Å². The summed E-state index contributed by atoms with van der Waals surface area (Å²) in [5.74, 6) is 0.815. The highest BCUT2D eigenvalue weighted by molar-refractivity contribution is 5.60. The van der Waals surface area contributed by atoms with Gasteiger partial charge in [-0.25, -0.2) is 18.7 Å². The molecule has 2 aromatic heterocycles. The molecule has 0 spiro atoms. The van der Waals surface area contributed by atoms with Gasteiger partial charge in [-0.3, -0.25) is 9.69 Å². The Morgan fingerprint density at radius 1 is 1.21 bits per heavy atom. The van der Waals surface area contributed by atoms with Crippen LogP contribution in [0.5, 0.6) is 0 Å². The molecule has 6 nitrogen and oxygen atoms in total. The summed E-state index contributed by atoms with van der Waals surface area (Å²) in [5.41, 5.74) is 0.585. The van der Waals surface area contributed by atoms with E-state index in [4.69, 9.17) is 0 Å². The number of imidazole rings is 1. The van der Waals surface area contributed by atoms with Crippen LogP contribution in [0.15, 0.2) is 53.8 Å². The monoisotopic (exact) mass is 399 g/mol. The molecule has 0 saturated carbocycles. The number of benzene rings is 1. The lowest BCUT2D eigenvalue weighted by atomic mass is 9.96. The van der Waals surface area contributed by atoms with Gasteiger partial charge in [-0.1, -0.05) is 24.3 Å². The summed E-state index contributed by atoms with van der Waals surface area (Å²) in [6, 6.07) is 8.36. The van der Waals surface area contributed by atoms with Gasteiger partial charge in [0.1, 0.15) is 11.5 Å². The van der Waals surface area contributed by atoms with E-state index in [-0.39, 0.29) is 5.82 Å². The summed E-state index contributed by atoms with van der Waals surface area (Å²) in [4.78, 5) is 24.8. The van der Waals surface area contributed by atoms with Gasteiger partial charge in [0.05, 0.1) is 6.33 Å². The molecule has 1 saturated heterocycles. The van der Waals surface area contributed by atoms with Gasteiger partial charge in [0.15, 0.2) is 0 Å². The molecule has 0 unspecified atom stereocenters. The maximum atomic E-state index is 13.1. The van der Waals surface area contributed by atoms with E-state index in [9.17, 15) is 13.6 Å². The molecule has 1 N–H and O–H groups in total. The van der Waals surface area contributed by atoms with Crippen LogP contribution in [0.1, 0.15) is 30.5 Å². The molecule has 0 bridgehead atoms. The maximum absolute atomic E-state index is 13.1. The second kappa shape index (κ2) is 8.65. The Kier molecular flexibility index (Phi) is 5.80. The van der Waals surface area contributed by atoms with E-state index in [2.05, 4.69) is 24.4 Å². The molecule has 3 heterocycles. The predicted octanol–water partition coefficient (Wildman–Crippen LogP) is 3.48. The number of aromatic amines is 1. The fourth-order valence-electron chi connectivity index (χ4n) is 3.87. The average Bonchev–Trinajstić information content (AvgIpc) is 3.22. The first kappa shape index (κ1) is 19.4. The minimum Gasteiger partial charge on any atom is -0.337 e. The van der Waals surface area contributed by atoms with Crippen LogP contribution in [0.25, 0.3) is 11.4 Å². The van der Waals surface area contributed by atoms with Crippen molar-refractivity contribution in [2.45, 2.75) is 32.4 Å². The van der Waals surface area contributed by atoms with Gasteiger partial charge in [-0.15, -0.1) is 0 Å². The first-order valence-corrected chi connectivity index (χ1v) is 9.74. The number of hydrogen-bond donors (Lipinski definition) is 1. The van der Waals surface area contributed by atoms with E-state index in [1.54, 1.807) is 6.20 Å². The number of aromatic nitrogens is 4. The number of halogens is 2. The normalized spacial score (nSPS) is 15.8. The summed E-state index contributed by atoms with van der Waals surface area (Å²) in [6.07, 6.45) is 5.05. The number of H-pyrrole nitrogens is 1. The molecule has 0 aliphatic carbocycles. The SMILES string of the molecule is O=c1cc(C(F)F)nc(-c2ccccc2CN2CCC(Cn3ccnc3)CC2)[nH]1. The molecule has 8 heteroatoms. The van der Waals surface area contributed by atoms with Gasteiger partial charge in [0, 0.05) is 37.1 Å². The van der Waals surface area contributed by atoms with Crippen molar-refractivity contribution in [3.05, 3.63) is 70.7 Å². The topological polar surface area (TPSA) is 66.8 Å². The molecule has 1 aliphatic heterocycles.